The fraction of sp³-hybridized carbons (Fsp3) is 0.500. The maximum absolute atomic E-state index is 11.5. The molecule has 1 rings (SSSR count). The Morgan fingerprint density at radius 3 is 2.68 bits per heavy atom. The lowest BCUT2D eigenvalue weighted by atomic mass is 10.1. The smallest absolute Gasteiger partial charge is 0.239 e. The Balaban J connectivity index is 3.19. The van der Waals surface area contributed by atoms with Gasteiger partial charge in [0.1, 0.15) is 5.75 Å². The van der Waals surface area contributed by atoms with Gasteiger partial charge in [-0.2, -0.15) is 0 Å². The predicted octanol–water partition coefficient (Wildman–Crippen LogP) is 1.32. The molecule has 0 unspecified atom stereocenters. The second-order valence-corrected chi connectivity index (χ2v) is 4.26. The molecule has 1 atom stereocenters. The van der Waals surface area contributed by atoms with E-state index in [0.717, 1.165) is 5.69 Å². The van der Waals surface area contributed by atoms with Crippen molar-refractivity contribution in [2.45, 2.75) is 20.0 Å². The average Bonchev–Trinajstić information content (AvgIpc) is 2.43. The highest BCUT2D eigenvalue weighted by molar-refractivity contribution is 5.81. The number of rotatable bonds is 6. The number of nitrogens with one attached hydrogen (secondary N) is 1. The van der Waals surface area contributed by atoms with Crippen LogP contribution in [0.4, 0.5) is 5.69 Å². The number of aliphatic hydroxyl groups is 1. The summed E-state index contributed by atoms with van der Waals surface area (Å²) in [5.74, 6) is 0.559. The van der Waals surface area contributed by atoms with Crippen LogP contribution in [-0.4, -0.2) is 38.3 Å². The summed E-state index contributed by atoms with van der Waals surface area (Å²) < 4.78 is 5.29. The van der Waals surface area contributed by atoms with Crippen molar-refractivity contribution in [1.29, 1.82) is 0 Å². The zero-order valence-corrected chi connectivity index (χ0v) is 11.9. The number of carbonyl (C=O) groups excluding carboxylic acids is 1. The first-order valence-electron chi connectivity index (χ1n) is 6.35. The first kappa shape index (κ1) is 15.3. The van der Waals surface area contributed by atoms with E-state index in [1.54, 1.807) is 27.1 Å². The minimum absolute atomic E-state index is 0.0683. The molecule has 5 nitrogen and oxygen atoms in total. The average molecular weight is 266 g/mol. The minimum Gasteiger partial charge on any atom is -0.496 e. The van der Waals surface area contributed by atoms with Crippen molar-refractivity contribution in [3.8, 4) is 5.75 Å². The fourth-order valence-electron chi connectivity index (χ4n) is 2.03. The van der Waals surface area contributed by atoms with E-state index in [2.05, 4.69) is 5.32 Å². The largest absolute Gasteiger partial charge is 0.496 e. The summed E-state index contributed by atoms with van der Waals surface area (Å²) >= 11 is 0. The molecule has 0 aliphatic carbocycles. The van der Waals surface area contributed by atoms with Crippen LogP contribution in [0.3, 0.4) is 0 Å². The van der Waals surface area contributed by atoms with Gasteiger partial charge in [-0.05, 0) is 26.0 Å². The van der Waals surface area contributed by atoms with Crippen LogP contribution in [0.2, 0.25) is 0 Å². The number of likely N-dealkylation sites (N-methyl/N-ethyl adjacent to an activating group) is 2. The summed E-state index contributed by atoms with van der Waals surface area (Å²) in [4.78, 5) is 13.4. The number of aliphatic hydroxyl groups excluding tert-OH is 1. The van der Waals surface area contributed by atoms with Gasteiger partial charge < -0.3 is 20.1 Å². The first-order chi connectivity index (χ1) is 9.04. The van der Waals surface area contributed by atoms with Gasteiger partial charge in [-0.3, -0.25) is 4.79 Å². The molecule has 1 aromatic carbocycles. The third-order valence-electron chi connectivity index (χ3n) is 3.02. The molecule has 0 aliphatic heterocycles. The molecule has 0 aliphatic rings. The molecule has 0 radical (unpaired) electrons. The van der Waals surface area contributed by atoms with Crippen molar-refractivity contribution in [3.63, 3.8) is 0 Å². The van der Waals surface area contributed by atoms with E-state index < -0.39 is 6.10 Å². The number of amides is 1. The van der Waals surface area contributed by atoms with E-state index >= 15 is 0 Å². The zero-order valence-electron chi connectivity index (χ0n) is 11.9. The normalized spacial score (nSPS) is 11.8. The number of carbonyl (C=O) groups is 1. The molecule has 0 saturated carbocycles. The van der Waals surface area contributed by atoms with Gasteiger partial charge in [0.25, 0.3) is 0 Å². The van der Waals surface area contributed by atoms with Crippen molar-refractivity contribution in [2.75, 3.05) is 32.1 Å². The molecular weight excluding hydrogens is 244 g/mol. The lowest BCUT2D eigenvalue weighted by molar-refractivity contribution is -0.119. The van der Waals surface area contributed by atoms with Gasteiger partial charge in [0.2, 0.25) is 5.91 Å². The van der Waals surface area contributed by atoms with Crippen LogP contribution in [0.5, 0.6) is 5.75 Å². The van der Waals surface area contributed by atoms with Crippen LogP contribution in [0.1, 0.15) is 25.5 Å². The van der Waals surface area contributed by atoms with Crippen molar-refractivity contribution < 1.29 is 14.6 Å². The number of methoxy groups -OCH3 is 1. The Morgan fingerprint density at radius 1 is 1.53 bits per heavy atom. The van der Waals surface area contributed by atoms with Crippen molar-refractivity contribution in [3.05, 3.63) is 23.8 Å². The molecule has 2 N–H and O–H groups in total. The number of hydrogen-bond donors (Lipinski definition) is 2. The highest BCUT2D eigenvalue weighted by Crippen LogP contribution is 2.34. The fourth-order valence-corrected chi connectivity index (χ4v) is 2.03. The Kier molecular flexibility index (Phi) is 5.63. The van der Waals surface area contributed by atoms with Gasteiger partial charge >= 0.3 is 0 Å². The van der Waals surface area contributed by atoms with Crippen molar-refractivity contribution >= 4 is 11.6 Å². The second-order valence-electron chi connectivity index (χ2n) is 4.26. The van der Waals surface area contributed by atoms with E-state index in [1.807, 2.05) is 24.0 Å². The number of benzene rings is 1. The van der Waals surface area contributed by atoms with Gasteiger partial charge in [-0.1, -0.05) is 6.07 Å². The first-order valence-corrected chi connectivity index (χ1v) is 6.35. The molecule has 106 valence electrons. The maximum Gasteiger partial charge on any atom is 0.239 e. The molecule has 0 bridgehead atoms. The third kappa shape index (κ3) is 3.61. The summed E-state index contributed by atoms with van der Waals surface area (Å²) in [6, 6.07) is 5.54. The molecule has 19 heavy (non-hydrogen) atoms. The highest BCUT2D eigenvalue weighted by Gasteiger charge is 2.19. The van der Waals surface area contributed by atoms with Gasteiger partial charge in [0.05, 0.1) is 19.8 Å². The van der Waals surface area contributed by atoms with Crippen molar-refractivity contribution in [2.24, 2.45) is 0 Å². The van der Waals surface area contributed by atoms with Gasteiger partial charge in [0.15, 0.2) is 0 Å². The molecule has 1 aromatic rings. The zero-order chi connectivity index (χ0) is 14.4. The molecule has 0 saturated heterocycles. The van der Waals surface area contributed by atoms with Crippen LogP contribution in [0, 0.1) is 0 Å². The Labute approximate surface area is 114 Å². The molecule has 0 fully saturated rings. The van der Waals surface area contributed by atoms with Crippen LogP contribution >= 0.6 is 0 Å². The van der Waals surface area contributed by atoms with Crippen LogP contribution < -0.4 is 15.0 Å². The van der Waals surface area contributed by atoms with E-state index in [1.165, 1.54) is 0 Å². The molecular formula is C14H22N2O3. The number of ether oxygens (including phenoxy) is 1. The van der Waals surface area contributed by atoms with Gasteiger partial charge in [-0.15, -0.1) is 0 Å². The quantitative estimate of drug-likeness (QED) is 0.815. The second kappa shape index (κ2) is 6.99. The summed E-state index contributed by atoms with van der Waals surface area (Å²) in [6.45, 7) is 4.57. The van der Waals surface area contributed by atoms with Crippen LogP contribution in [0.15, 0.2) is 18.2 Å². The lowest BCUT2D eigenvalue weighted by Crippen LogP contribution is -2.36. The van der Waals surface area contributed by atoms with E-state index in [0.29, 0.717) is 17.9 Å². The molecule has 0 aromatic heterocycles. The van der Waals surface area contributed by atoms with E-state index in [-0.39, 0.29) is 12.5 Å². The molecule has 0 heterocycles. The van der Waals surface area contributed by atoms with Gasteiger partial charge in [-0.25, -0.2) is 0 Å². The summed E-state index contributed by atoms with van der Waals surface area (Å²) in [6.07, 6.45) is -0.662. The predicted molar refractivity (Wildman–Crippen MR) is 75.6 cm³/mol. The summed E-state index contributed by atoms with van der Waals surface area (Å²) in [5, 5.41) is 12.5. The highest BCUT2D eigenvalue weighted by atomic mass is 16.5. The van der Waals surface area contributed by atoms with E-state index in [9.17, 15) is 9.90 Å². The topological polar surface area (TPSA) is 61.8 Å². The lowest BCUT2D eigenvalue weighted by Gasteiger charge is -2.27. The molecule has 0 spiro atoms. The molecule has 1 amide bonds. The molecule has 5 heteroatoms. The minimum atomic E-state index is -0.662. The summed E-state index contributed by atoms with van der Waals surface area (Å²) in [7, 11) is 3.18. The number of nitrogens with zero attached hydrogens (tertiary/aromatic N) is 1. The van der Waals surface area contributed by atoms with Crippen LogP contribution in [-0.2, 0) is 4.79 Å². The maximum atomic E-state index is 11.5. The number of anilines is 1. The van der Waals surface area contributed by atoms with Crippen molar-refractivity contribution in [1.82, 2.24) is 5.32 Å². The standard InChI is InChI=1S/C14H22N2O3/c1-5-16(9-13(18)15-3)11-7-6-8-12(19-4)14(11)10(2)17/h6-8,10,17H,5,9H2,1-4H3,(H,15,18)/t10-/m1/s1. The Bertz CT molecular complexity index is 433. The van der Waals surface area contributed by atoms with Gasteiger partial charge in [0, 0.05) is 24.8 Å². The Hall–Kier alpha value is -1.75. The third-order valence-corrected chi connectivity index (χ3v) is 3.02. The SMILES string of the molecule is CCN(CC(=O)NC)c1cccc(OC)c1[C@@H](C)O. The monoisotopic (exact) mass is 266 g/mol. The Morgan fingerprint density at radius 2 is 2.21 bits per heavy atom. The number of hydrogen-bond acceptors (Lipinski definition) is 4. The van der Waals surface area contributed by atoms with Crippen LogP contribution in [0.25, 0.3) is 0 Å². The van der Waals surface area contributed by atoms with E-state index in [4.69, 9.17) is 4.74 Å². The summed E-state index contributed by atoms with van der Waals surface area (Å²) in [5.41, 5.74) is 1.52.